The molecule has 126 valence electrons. The van der Waals surface area contributed by atoms with E-state index >= 15 is 0 Å². The molecule has 2 aromatic rings. The van der Waals surface area contributed by atoms with E-state index in [2.05, 4.69) is 4.74 Å². The maximum absolute atomic E-state index is 11.0. The highest BCUT2D eigenvalue weighted by molar-refractivity contribution is 5.70. The van der Waals surface area contributed by atoms with E-state index in [1.807, 2.05) is 0 Å². The Morgan fingerprint density at radius 1 is 1.17 bits per heavy atom. The van der Waals surface area contributed by atoms with Crippen LogP contribution >= 0.6 is 0 Å². The molecule has 0 fully saturated rings. The first-order valence-electron chi connectivity index (χ1n) is 6.95. The topological polar surface area (TPSA) is 114 Å². The summed E-state index contributed by atoms with van der Waals surface area (Å²) >= 11 is 0. The van der Waals surface area contributed by atoms with E-state index in [9.17, 15) is 14.9 Å². The Morgan fingerprint density at radius 3 is 2.50 bits per heavy atom. The Morgan fingerprint density at radius 2 is 1.88 bits per heavy atom. The number of hydrogen-bond donors (Lipinski definition) is 1. The van der Waals surface area contributed by atoms with Gasteiger partial charge in [0, 0.05) is 6.07 Å². The van der Waals surface area contributed by atoms with Gasteiger partial charge in [-0.2, -0.15) is 0 Å². The minimum Gasteiger partial charge on any atom is -0.486 e. The molecular weight excluding hydrogens is 316 g/mol. The van der Waals surface area contributed by atoms with Gasteiger partial charge in [0.2, 0.25) is 0 Å². The highest BCUT2D eigenvalue weighted by Crippen LogP contribution is 2.27. The van der Waals surface area contributed by atoms with Gasteiger partial charge in [-0.15, -0.1) is 0 Å². The molecule has 0 aliphatic heterocycles. The van der Waals surface area contributed by atoms with Gasteiger partial charge in [-0.25, -0.2) is 4.79 Å². The number of ether oxygens (including phenoxy) is 3. The van der Waals surface area contributed by atoms with E-state index in [0.29, 0.717) is 11.4 Å². The van der Waals surface area contributed by atoms with Crippen LogP contribution in [0.5, 0.6) is 11.5 Å². The van der Waals surface area contributed by atoms with Gasteiger partial charge in [0.05, 0.1) is 23.8 Å². The zero-order valence-corrected chi connectivity index (χ0v) is 12.9. The molecule has 2 rings (SSSR count). The van der Waals surface area contributed by atoms with E-state index in [0.717, 1.165) is 5.56 Å². The molecule has 0 spiro atoms. The quantitative estimate of drug-likeness (QED) is 0.358. The molecule has 8 heteroatoms. The first kappa shape index (κ1) is 17.1. The molecule has 0 atom stereocenters. The average Bonchev–Trinajstić information content (AvgIpc) is 2.59. The number of esters is 1. The average molecular weight is 332 g/mol. The van der Waals surface area contributed by atoms with E-state index in [1.165, 1.54) is 25.3 Å². The summed E-state index contributed by atoms with van der Waals surface area (Å²) in [5, 5.41) is 10.8. The number of benzene rings is 2. The molecule has 0 aromatic heterocycles. The van der Waals surface area contributed by atoms with Crippen molar-refractivity contribution in [3.63, 3.8) is 0 Å². The van der Waals surface area contributed by atoms with Crippen molar-refractivity contribution in [1.82, 2.24) is 0 Å². The summed E-state index contributed by atoms with van der Waals surface area (Å²) in [5.41, 5.74) is 6.79. The fourth-order valence-corrected chi connectivity index (χ4v) is 1.81. The first-order chi connectivity index (χ1) is 11.5. The molecule has 2 aromatic carbocycles. The van der Waals surface area contributed by atoms with Crippen LogP contribution in [0, 0.1) is 10.1 Å². The fraction of sp³-hybridized carbons (Fsp3) is 0.188. The lowest BCUT2D eigenvalue weighted by Crippen LogP contribution is -2.12. The lowest BCUT2D eigenvalue weighted by atomic mass is 10.2. The molecule has 0 amide bonds. The normalized spacial score (nSPS) is 10.0. The number of anilines is 1. The molecule has 0 aliphatic rings. The van der Waals surface area contributed by atoms with E-state index < -0.39 is 10.9 Å². The number of nitro groups is 1. The molecule has 0 radical (unpaired) electrons. The van der Waals surface area contributed by atoms with Gasteiger partial charge >= 0.3 is 5.97 Å². The number of nitrogens with two attached hydrogens (primary N) is 1. The van der Waals surface area contributed by atoms with Crippen LogP contribution in [0.2, 0.25) is 0 Å². The smallest absolute Gasteiger partial charge is 0.343 e. The zero-order chi connectivity index (χ0) is 17.5. The second kappa shape index (κ2) is 7.82. The van der Waals surface area contributed by atoms with Crippen LogP contribution in [-0.2, 0) is 16.1 Å². The molecule has 0 bridgehead atoms. The number of carbonyl (C=O) groups excluding carboxylic acids is 1. The molecular formula is C16H16N2O6. The largest absolute Gasteiger partial charge is 0.486 e. The van der Waals surface area contributed by atoms with Crippen LogP contribution in [0.3, 0.4) is 0 Å². The standard InChI is InChI=1S/C16H16N2O6/c1-22-16(19)10-23-13-5-2-11(3-6-13)9-24-15-8-12(18(20)21)4-7-14(15)17/h2-8H,9-10,17H2,1H3. The van der Waals surface area contributed by atoms with Crippen LogP contribution in [0.15, 0.2) is 42.5 Å². The molecule has 8 nitrogen and oxygen atoms in total. The van der Waals surface area contributed by atoms with Crippen LogP contribution in [0.25, 0.3) is 0 Å². The maximum Gasteiger partial charge on any atom is 0.343 e. The molecule has 0 saturated heterocycles. The van der Waals surface area contributed by atoms with Crippen molar-refractivity contribution in [2.75, 3.05) is 19.5 Å². The number of rotatable bonds is 7. The fourth-order valence-electron chi connectivity index (χ4n) is 1.81. The third-order valence-electron chi connectivity index (χ3n) is 3.11. The van der Waals surface area contributed by atoms with Gasteiger partial charge in [0.25, 0.3) is 5.69 Å². The first-order valence-corrected chi connectivity index (χ1v) is 6.95. The van der Waals surface area contributed by atoms with E-state index in [4.69, 9.17) is 15.2 Å². The minimum atomic E-state index is -0.514. The summed E-state index contributed by atoms with van der Waals surface area (Å²) in [4.78, 5) is 21.2. The summed E-state index contributed by atoms with van der Waals surface area (Å²) in [5.74, 6) is 0.290. The van der Waals surface area contributed by atoms with Crippen LogP contribution in [0.4, 0.5) is 11.4 Å². The number of hydrogen-bond acceptors (Lipinski definition) is 7. The Kier molecular flexibility index (Phi) is 5.56. The second-order valence-electron chi connectivity index (χ2n) is 4.78. The summed E-state index contributed by atoms with van der Waals surface area (Å²) < 4.78 is 15.2. The Hall–Kier alpha value is -3.29. The van der Waals surface area contributed by atoms with Crippen molar-refractivity contribution in [3.8, 4) is 11.5 Å². The third-order valence-corrected chi connectivity index (χ3v) is 3.11. The van der Waals surface area contributed by atoms with Crippen molar-refractivity contribution < 1.29 is 23.9 Å². The zero-order valence-electron chi connectivity index (χ0n) is 12.9. The van der Waals surface area contributed by atoms with Crippen molar-refractivity contribution >= 4 is 17.3 Å². The van der Waals surface area contributed by atoms with Gasteiger partial charge in [-0.1, -0.05) is 12.1 Å². The predicted molar refractivity (Wildman–Crippen MR) is 85.8 cm³/mol. The molecule has 24 heavy (non-hydrogen) atoms. The van der Waals surface area contributed by atoms with Crippen molar-refractivity contribution in [2.45, 2.75) is 6.61 Å². The lowest BCUT2D eigenvalue weighted by molar-refractivity contribution is -0.384. The maximum atomic E-state index is 11.0. The van der Waals surface area contributed by atoms with Gasteiger partial charge in [-0.3, -0.25) is 10.1 Å². The highest BCUT2D eigenvalue weighted by atomic mass is 16.6. The monoisotopic (exact) mass is 332 g/mol. The van der Waals surface area contributed by atoms with Gasteiger partial charge in [-0.05, 0) is 23.8 Å². The number of nitrogen functional groups attached to an aromatic ring is 1. The lowest BCUT2D eigenvalue weighted by Gasteiger charge is -2.09. The summed E-state index contributed by atoms with van der Waals surface area (Å²) in [6.07, 6.45) is 0. The van der Waals surface area contributed by atoms with Gasteiger partial charge in [0.1, 0.15) is 18.1 Å². The Labute approximate surface area is 137 Å². The van der Waals surface area contributed by atoms with Crippen molar-refractivity contribution in [3.05, 3.63) is 58.1 Å². The Bertz CT molecular complexity index is 730. The van der Waals surface area contributed by atoms with Crippen LogP contribution in [0.1, 0.15) is 5.56 Å². The number of nitrogens with zero attached hydrogens (tertiary/aromatic N) is 1. The van der Waals surface area contributed by atoms with Gasteiger partial charge in [0.15, 0.2) is 6.61 Å². The summed E-state index contributed by atoms with van der Waals surface area (Å²) in [6, 6.07) is 10.9. The number of carbonyl (C=O) groups is 1. The number of non-ortho nitro benzene ring substituents is 1. The molecule has 0 aliphatic carbocycles. The van der Waals surface area contributed by atoms with Crippen LogP contribution in [-0.4, -0.2) is 24.6 Å². The van der Waals surface area contributed by atoms with E-state index in [1.54, 1.807) is 24.3 Å². The van der Waals surface area contributed by atoms with Gasteiger partial charge < -0.3 is 19.9 Å². The second-order valence-corrected chi connectivity index (χ2v) is 4.78. The SMILES string of the molecule is COC(=O)COc1ccc(COc2cc([N+](=O)[O-])ccc2N)cc1. The van der Waals surface area contributed by atoms with E-state index in [-0.39, 0.29) is 24.7 Å². The summed E-state index contributed by atoms with van der Waals surface area (Å²) in [7, 11) is 1.28. The molecule has 0 saturated carbocycles. The number of methoxy groups -OCH3 is 1. The highest BCUT2D eigenvalue weighted by Gasteiger charge is 2.10. The molecule has 2 N–H and O–H groups in total. The Balaban J connectivity index is 1.96. The third kappa shape index (κ3) is 4.60. The van der Waals surface area contributed by atoms with Crippen molar-refractivity contribution in [1.29, 1.82) is 0 Å². The molecule has 0 unspecified atom stereocenters. The van der Waals surface area contributed by atoms with Crippen molar-refractivity contribution in [2.24, 2.45) is 0 Å². The van der Waals surface area contributed by atoms with Crippen LogP contribution < -0.4 is 15.2 Å². The molecule has 0 heterocycles. The minimum absolute atomic E-state index is 0.0919. The number of nitro benzene ring substituents is 1. The predicted octanol–water partition coefficient (Wildman–Crippen LogP) is 2.31. The summed E-state index contributed by atoms with van der Waals surface area (Å²) in [6.45, 7) is 0.0131.